The van der Waals surface area contributed by atoms with Crippen LogP contribution in [-0.4, -0.2) is 48.1 Å². The van der Waals surface area contributed by atoms with Crippen molar-refractivity contribution >= 4 is 39.3 Å². The van der Waals surface area contributed by atoms with Gasteiger partial charge in [0, 0.05) is 41.3 Å². The van der Waals surface area contributed by atoms with Gasteiger partial charge in [-0.3, -0.25) is 0 Å². The molecule has 1 N–H and O–H groups in total. The maximum atomic E-state index is 4.48. The predicted octanol–water partition coefficient (Wildman–Crippen LogP) is 1.92. The van der Waals surface area contributed by atoms with E-state index in [0.29, 0.717) is 0 Å². The minimum Gasteiger partial charge on any atom is -0.368 e. The van der Waals surface area contributed by atoms with Crippen LogP contribution in [0, 0.1) is 3.57 Å². The van der Waals surface area contributed by atoms with Gasteiger partial charge in [-0.2, -0.15) is 0 Å². The van der Waals surface area contributed by atoms with Gasteiger partial charge in [0.25, 0.3) is 0 Å². The van der Waals surface area contributed by atoms with Crippen molar-refractivity contribution in [2.24, 2.45) is 0 Å². The number of halogens is 1. The maximum absolute atomic E-state index is 4.48. The molecular formula is C12H15IN4. The summed E-state index contributed by atoms with van der Waals surface area (Å²) in [5, 5.41) is 1.22. The third kappa shape index (κ3) is 2.13. The van der Waals surface area contributed by atoms with Crippen molar-refractivity contribution < 1.29 is 0 Å². The summed E-state index contributed by atoms with van der Waals surface area (Å²) in [5.74, 6) is 0. The number of likely N-dealkylation sites (N-methyl/N-ethyl adjacent to an activating group) is 1. The molecule has 17 heavy (non-hydrogen) atoms. The Balaban J connectivity index is 1.92. The lowest BCUT2D eigenvalue weighted by Crippen LogP contribution is -2.44. The van der Waals surface area contributed by atoms with Crippen LogP contribution < -0.4 is 4.90 Å². The van der Waals surface area contributed by atoms with Gasteiger partial charge in [0.1, 0.15) is 5.65 Å². The Morgan fingerprint density at radius 1 is 1.29 bits per heavy atom. The largest absolute Gasteiger partial charge is 0.368 e. The number of piperazine rings is 1. The summed E-state index contributed by atoms with van der Waals surface area (Å²) in [4.78, 5) is 12.4. The second-order valence-corrected chi connectivity index (χ2v) is 5.68. The zero-order valence-corrected chi connectivity index (χ0v) is 11.9. The summed E-state index contributed by atoms with van der Waals surface area (Å²) in [5.41, 5.74) is 2.22. The molecule has 0 bridgehead atoms. The summed E-state index contributed by atoms with van der Waals surface area (Å²) in [6.07, 6.45) is 3.98. The Hall–Kier alpha value is -0.820. The van der Waals surface area contributed by atoms with E-state index >= 15 is 0 Å². The average Bonchev–Trinajstić information content (AvgIpc) is 2.72. The van der Waals surface area contributed by atoms with E-state index in [-0.39, 0.29) is 0 Å². The normalized spacial score (nSPS) is 17.9. The molecular weight excluding hydrogens is 327 g/mol. The minimum atomic E-state index is 0.979. The van der Waals surface area contributed by atoms with Crippen molar-refractivity contribution in [3.63, 3.8) is 0 Å². The number of pyridine rings is 1. The quantitative estimate of drug-likeness (QED) is 0.805. The van der Waals surface area contributed by atoms with E-state index in [1.54, 1.807) is 0 Å². The minimum absolute atomic E-state index is 0.979. The zero-order chi connectivity index (χ0) is 11.8. The lowest BCUT2D eigenvalue weighted by atomic mass is 10.2. The molecule has 2 aromatic rings. The predicted molar refractivity (Wildman–Crippen MR) is 78.5 cm³/mol. The molecule has 0 amide bonds. The first-order valence-electron chi connectivity index (χ1n) is 5.80. The molecule has 0 aliphatic carbocycles. The molecule has 90 valence electrons. The molecule has 4 nitrogen and oxygen atoms in total. The van der Waals surface area contributed by atoms with Gasteiger partial charge < -0.3 is 14.8 Å². The molecule has 1 aliphatic heterocycles. The Morgan fingerprint density at radius 3 is 2.82 bits per heavy atom. The number of hydrogen-bond acceptors (Lipinski definition) is 3. The topological polar surface area (TPSA) is 35.2 Å². The van der Waals surface area contributed by atoms with Crippen molar-refractivity contribution in [2.75, 3.05) is 38.1 Å². The van der Waals surface area contributed by atoms with Crippen molar-refractivity contribution in [1.29, 1.82) is 0 Å². The number of H-pyrrole nitrogens is 1. The first kappa shape index (κ1) is 11.3. The molecule has 1 aliphatic rings. The fraction of sp³-hybridized carbons (Fsp3) is 0.417. The van der Waals surface area contributed by atoms with Crippen LogP contribution in [0.1, 0.15) is 0 Å². The number of anilines is 1. The number of nitrogens with zero attached hydrogens (tertiary/aromatic N) is 3. The van der Waals surface area contributed by atoms with E-state index < -0.39 is 0 Å². The monoisotopic (exact) mass is 342 g/mol. The summed E-state index contributed by atoms with van der Waals surface area (Å²) >= 11 is 2.35. The fourth-order valence-corrected chi connectivity index (χ4v) is 2.76. The highest BCUT2D eigenvalue weighted by Gasteiger charge is 2.15. The maximum Gasteiger partial charge on any atom is 0.138 e. The second kappa shape index (κ2) is 4.45. The molecule has 0 unspecified atom stereocenters. The number of aromatic nitrogens is 2. The molecule has 0 atom stereocenters. The Kier molecular flexibility index (Phi) is 2.96. The average molecular weight is 342 g/mol. The molecule has 2 aromatic heterocycles. The van der Waals surface area contributed by atoms with Crippen molar-refractivity contribution in [3.8, 4) is 0 Å². The van der Waals surface area contributed by atoms with Gasteiger partial charge in [-0.05, 0) is 35.7 Å². The van der Waals surface area contributed by atoms with E-state index in [2.05, 4.69) is 55.5 Å². The number of nitrogens with one attached hydrogen (secondary N) is 1. The van der Waals surface area contributed by atoms with E-state index in [1.165, 1.54) is 14.6 Å². The Morgan fingerprint density at radius 2 is 2.06 bits per heavy atom. The molecule has 1 saturated heterocycles. The highest BCUT2D eigenvalue weighted by Crippen LogP contribution is 2.24. The lowest BCUT2D eigenvalue weighted by Gasteiger charge is -2.33. The summed E-state index contributed by atoms with van der Waals surface area (Å²) < 4.78 is 1.24. The van der Waals surface area contributed by atoms with Crippen molar-refractivity contribution in [1.82, 2.24) is 14.9 Å². The van der Waals surface area contributed by atoms with E-state index in [0.717, 1.165) is 31.8 Å². The zero-order valence-electron chi connectivity index (χ0n) is 9.78. The van der Waals surface area contributed by atoms with Crippen LogP contribution >= 0.6 is 22.6 Å². The van der Waals surface area contributed by atoms with Crippen LogP contribution in [0.5, 0.6) is 0 Å². The molecule has 5 heteroatoms. The van der Waals surface area contributed by atoms with E-state index in [1.807, 2.05) is 12.4 Å². The second-order valence-electron chi connectivity index (χ2n) is 4.52. The van der Waals surface area contributed by atoms with Gasteiger partial charge >= 0.3 is 0 Å². The standard InChI is InChI=1S/C12H15IN4/c1-16-2-4-17(5-3-16)9-6-10-11(13)8-15-12(10)14-7-9/h6-8H,2-5H2,1H3,(H,14,15). The molecule has 0 spiro atoms. The van der Waals surface area contributed by atoms with Gasteiger partial charge in [-0.25, -0.2) is 4.98 Å². The summed E-state index contributed by atoms with van der Waals surface area (Å²) in [6, 6.07) is 2.24. The van der Waals surface area contributed by atoms with Gasteiger partial charge in [-0.15, -0.1) is 0 Å². The van der Waals surface area contributed by atoms with Crippen LogP contribution in [0.3, 0.4) is 0 Å². The molecule has 3 rings (SSSR count). The number of aromatic amines is 1. The number of fused-ring (bicyclic) bond motifs is 1. The molecule has 0 radical (unpaired) electrons. The van der Waals surface area contributed by atoms with E-state index in [4.69, 9.17) is 0 Å². The number of hydrogen-bond donors (Lipinski definition) is 1. The molecule has 1 fully saturated rings. The van der Waals surface area contributed by atoms with Gasteiger partial charge in [0.2, 0.25) is 0 Å². The van der Waals surface area contributed by atoms with Crippen LogP contribution in [0.4, 0.5) is 5.69 Å². The highest BCUT2D eigenvalue weighted by atomic mass is 127. The first-order chi connectivity index (χ1) is 8.24. The van der Waals surface area contributed by atoms with Crippen molar-refractivity contribution in [2.45, 2.75) is 0 Å². The highest BCUT2D eigenvalue weighted by molar-refractivity contribution is 14.1. The van der Waals surface area contributed by atoms with Crippen LogP contribution in [0.15, 0.2) is 18.5 Å². The fourth-order valence-electron chi connectivity index (χ4n) is 2.20. The van der Waals surface area contributed by atoms with Crippen LogP contribution in [0.2, 0.25) is 0 Å². The summed E-state index contributed by atoms with van der Waals surface area (Å²) in [7, 11) is 2.17. The first-order valence-corrected chi connectivity index (χ1v) is 6.88. The van der Waals surface area contributed by atoms with Crippen molar-refractivity contribution in [3.05, 3.63) is 22.0 Å². The third-order valence-electron chi connectivity index (χ3n) is 3.33. The molecule has 0 saturated carbocycles. The third-order valence-corrected chi connectivity index (χ3v) is 4.23. The van der Waals surface area contributed by atoms with Crippen LogP contribution in [-0.2, 0) is 0 Å². The molecule has 3 heterocycles. The van der Waals surface area contributed by atoms with Gasteiger partial charge in [0.05, 0.1) is 11.9 Å². The van der Waals surface area contributed by atoms with Gasteiger partial charge in [-0.1, -0.05) is 0 Å². The Labute approximate surface area is 114 Å². The number of rotatable bonds is 1. The SMILES string of the molecule is CN1CCN(c2cnc3[nH]cc(I)c3c2)CC1. The van der Waals surface area contributed by atoms with Crippen LogP contribution in [0.25, 0.3) is 11.0 Å². The van der Waals surface area contributed by atoms with Gasteiger partial charge in [0.15, 0.2) is 0 Å². The smallest absolute Gasteiger partial charge is 0.138 e. The molecule has 0 aromatic carbocycles. The Bertz CT molecular complexity index is 528. The summed E-state index contributed by atoms with van der Waals surface area (Å²) in [6.45, 7) is 4.43. The lowest BCUT2D eigenvalue weighted by molar-refractivity contribution is 0.313. The van der Waals surface area contributed by atoms with E-state index in [9.17, 15) is 0 Å².